The van der Waals surface area contributed by atoms with Crippen LogP contribution in [-0.2, 0) is 24.2 Å². The van der Waals surface area contributed by atoms with Gasteiger partial charge in [0.05, 0.1) is 18.2 Å². The van der Waals surface area contributed by atoms with Crippen molar-refractivity contribution in [2.75, 3.05) is 32.4 Å². The second-order valence-electron chi connectivity index (χ2n) is 6.56. The van der Waals surface area contributed by atoms with Crippen molar-refractivity contribution in [3.63, 3.8) is 0 Å². The SMILES string of the molecule is CN(CC(=O)N1CCCC(C(=O)O)C1)C(=O)C1CCCCS1(=O)=O. The Morgan fingerprint density at radius 1 is 1.17 bits per heavy atom. The summed E-state index contributed by atoms with van der Waals surface area (Å²) in [7, 11) is -2.02. The number of sulfone groups is 1. The van der Waals surface area contributed by atoms with E-state index in [9.17, 15) is 22.8 Å². The van der Waals surface area contributed by atoms with Gasteiger partial charge in [0.1, 0.15) is 5.25 Å². The van der Waals surface area contributed by atoms with Gasteiger partial charge in [-0.3, -0.25) is 14.4 Å². The number of likely N-dealkylation sites (N-methyl/N-ethyl adjacent to an activating group) is 1. The summed E-state index contributed by atoms with van der Waals surface area (Å²) in [6.45, 7) is 0.376. The van der Waals surface area contributed by atoms with E-state index >= 15 is 0 Å². The number of nitrogens with zero attached hydrogens (tertiary/aromatic N) is 2. The summed E-state index contributed by atoms with van der Waals surface area (Å²) in [6, 6.07) is 0. The predicted molar refractivity (Wildman–Crippen MR) is 86.0 cm³/mol. The number of carboxylic acid groups (broad SMARTS) is 1. The molecule has 24 heavy (non-hydrogen) atoms. The number of carbonyl (C=O) groups is 3. The Morgan fingerprint density at radius 2 is 1.88 bits per heavy atom. The van der Waals surface area contributed by atoms with E-state index in [0.29, 0.717) is 38.6 Å². The molecule has 2 aliphatic rings. The van der Waals surface area contributed by atoms with Crippen LogP contribution in [0.4, 0.5) is 0 Å². The van der Waals surface area contributed by atoms with Crippen molar-refractivity contribution < 1.29 is 27.9 Å². The highest BCUT2D eigenvalue weighted by Crippen LogP contribution is 2.21. The zero-order valence-corrected chi connectivity index (χ0v) is 14.6. The van der Waals surface area contributed by atoms with E-state index in [2.05, 4.69) is 0 Å². The molecule has 9 heteroatoms. The molecule has 8 nitrogen and oxygen atoms in total. The third kappa shape index (κ3) is 4.25. The van der Waals surface area contributed by atoms with Crippen LogP contribution >= 0.6 is 0 Å². The van der Waals surface area contributed by atoms with Crippen LogP contribution in [-0.4, -0.2) is 78.8 Å². The first-order chi connectivity index (χ1) is 11.2. The van der Waals surface area contributed by atoms with Gasteiger partial charge < -0.3 is 14.9 Å². The summed E-state index contributed by atoms with van der Waals surface area (Å²) in [4.78, 5) is 38.4. The molecule has 2 fully saturated rings. The van der Waals surface area contributed by atoms with Gasteiger partial charge in [0, 0.05) is 20.1 Å². The van der Waals surface area contributed by atoms with Crippen molar-refractivity contribution >= 4 is 27.6 Å². The molecule has 0 aromatic rings. The third-order valence-corrected chi connectivity index (χ3v) is 6.89. The average molecular weight is 360 g/mol. The second-order valence-corrected chi connectivity index (χ2v) is 8.87. The largest absolute Gasteiger partial charge is 0.481 e. The van der Waals surface area contributed by atoms with Crippen LogP contribution in [0.15, 0.2) is 0 Å². The lowest BCUT2D eigenvalue weighted by Crippen LogP contribution is -2.50. The lowest BCUT2D eigenvalue weighted by molar-refractivity contribution is -0.147. The summed E-state index contributed by atoms with van der Waals surface area (Å²) >= 11 is 0. The lowest BCUT2D eigenvalue weighted by atomic mass is 9.98. The highest BCUT2D eigenvalue weighted by Gasteiger charge is 2.37. The molecule has 2 atom stereocenters. The van der Waals surface area contributed by atoms with Crippen molar-refractivity contribution in [1.82, 2.24) is 9.80 Å². The molecule has 0 aromatic heterocycles. The van der Waals surface area contributed by atoms with E-state index in [0.717, 1.165) is 4.90 Å². The fourth-order valence-corrected chi connectivity index (χ4v) is 5.17. The summed E-state index contributed by atoms with van der Waals surface area (Å²) in [5, 5.41) is 8.01. The van der Waals surface area contributed by atoms with Crippen LogP contribution in [0.25, 0.3) is 0 Å². The maximum absolute atomic E-state index is 12.4. The van der Waals surface area contributed by atoms with Crippen LogP contribution in [0, 0.1) is 5.92 Å². The molecule has 2 heterocycles. The van der Waals surface area contributed by atoms with Crippen molar-refractivity contribution in [2.45, 2.75) is 37.4 Å². The van der Waals surface area contributed by atoms with Gasteiger partial charge in [-0.15, -0.1) is 0 Å². The molecule has 136 valence electrons. The molecular formula is C15H24N2O6S. The monoisotopic (exact) mass is 360 g/mol. The van der Waals surface area contributed by atoms with Gasteiger partial charge in [-0.25, -0.2) is 8.42 Å². The van der Waals surface area contributed by atoms with Gasteiger partial charge in [0.2, 0.25) is 11.8 Å². The highest BCUT2D eigenvalue weighted by atomic mass is 32.2. The van der Waals surface area contributed by atoms with E-state index in [-0.39, 0.29) is 24.7 Å². The van der Waals surface area contributed by atoms with Gasteiger partial charge in [0.25, 0.3) is 0 Å². The van der Waals surface area contributed by atoms with Gasteiger partial charge in [-0.05, 0) is 25.7 Å². The molecule has 2 unspecified atom stereocenters. The fourth-order valence-electron chi connectivity index (χ4n) is 3.26. The minimum absolute atomic E-state index is 0.0115. The molecule has 0 spiro atoms. The maximum Gasteiger partial charge on any atom is 0.308 e. The van der Waals surface area contributed by atoms with Gasteiger partial charge >= 0.3 is 5.97 Å². The summed E-state index contributed by atoms with van der Waals surface area (Å²) in [5.41, 5.74) is 0. The normalized spacial score (nSPS) is 26.6. The molecule has 2 rings (SSSR count). The quantitative estimate of drug-likeness (QED) is 0.739. The molecule has 0 radical (unpaired) electrons. The van der Waals surface area contributed by atoms with E-state index in [1.165, 1.54) is 11.9 Å². The molecule has 0 bridgehead atoms. The van der Waals surface area contributed by atoms with Gasteiger partial charge in [-0.1, -0.05) is 6.42 Å². The Balaban J connectivity index is 1.95. The Hall–Kier alpha value is -1.64. The molecule has 0 saturated carbocycles. The maximum atomic E-state index is 12.4. The summed E-state index contributed by atoms with van der Waals surface area (Å²) in [6.07, 6.45) is 2.69. The lowest BCUT2D eigenvalue weighted by Gasteiger charge is -2.32. The fraction of sp³-hybridized carbons (Fsp3) is 0.800. The van der Waals surface area contributed by atoms with Gasteiger partial charge in [-0.2, -0.15) is 0 Å². The van der Waals surface area contributed by atoms with Crippen molar-refractivity contribution in [1.29, 1.82) is 0 Å². The second kappa shape index (κ2) is 7.50. The minimum atomic E-state index is -3.44. The van der Waals surface area contributed by atoms with Gasteiger partial charge in [0.15, 0.2) is 9.84 Å². The molecule has 0 aromatic carbocycles. The van der Waals surface area contributed by atoms with Crippen molar-refractivity contribution in [2.24, 2.45) is 5.92 Å². The number of amides is 2. The molecule has 2 saturated heterocycles. The van der Waals surface area contributed by atoms with Crippen molar-refractivity contribution in [3.8, 4) is 0 Å². The number of piperidine rings is 1. The summed E-state index contributed by atoms with van der Waals surface area (Å²) < 4.78 is 24.0. The third-order valence-electron chi connectivity index (χ3n) is 4.73. The van der Waals surface area contributed by atoms with Crippen LogP contribution in [0.5, 0.6) is 0 Å². The number of hydrogen-bond donors (Lipinski definition) is 1. The standard InChI is InChI=1S/C15H24N2O6S/c1-16(14(19)12-6-2-3-8-24(12,22)23)10-13(18)17-7-4-5-11(9-17)15(20)21/h11-12H,2-10H2,1H3,(H,20,21). The molecular weight excluding hydrogens is 336 g/mol. The van der Waals surface area contributed by atoms with E-state index < -0.39 is 32.9 Å². The smallest absolute Gasteiger partial charge is 0.308 e. The first-order valence-electron chi connectivity index (χ1n) is 8.19. The number of carbonyl (C=O) groups excluding carboxylic acids is 2. The molecule has 2 amide bonds. The molecule has 0 aliphatic carbocycles. The topological polar surface area (TPSA) is 112 Å². The van der Waals surface area contributed by atoms with Crippen LogP contribution in [0.2, 0.25) is 0 Å². The number of likely N-dealkylation sites (tertiary alicyclic amines) is 1. The van der Waals surface area contributed by atoms with E-state index in [4.69, 9.17) is 5.11 Å². The summed E-state index contributed by atoms with van der Waals surface area (Å²) in [5.74, 6) is -2.38. The first-order valence-corrected chi connectivity index (χ1v) is 9.91. The Morgan fingerprint density at radius 3 is 2.50 bits per heavy atom. The highest BCUT2D eigenvalue weighted by molar-refractivity contribution is 7.92. The number of aliphatic carboxylic acids is 1. The molecule has 1 N–H and O–H groups in total. The minimum Gasteiger partial charge on any atom is -0.481 e. The molecule has 2 aliphatic heterocycles. The zero-order valence-electron chi connectivity index (χ0n) is 13.8. The van der Waals surface area contributed by atoms with Crippen LogP contribution < -0.4 is 0 Å². The predicted octanol–water partition coefficient (Wildman–Crippen LogP) is -0.265. The number of hydrogen-bond acceptors (Lipinski definition) is 5. The van der Waals surface area contributed by atoms with E-state index in [1.54, 1.807) is 0 Å². The Labute approximate surface area is 141 Å². The first kappa shape index (κ1) is 18.7. The van der Waals surface area contributed by atoms with E-state index in [1.807, 2.05) is 0 Å². The number of carboxylic acids is 1. The van der Waals surface area contributed by atoms with Crippen LogP contribution in [0.1, 0.15) is 32.1 Å². The average Bonchev–Trinajstić information content (AvgIpc) is 2.53. The number of rotatable bonds is 4. The van der Waals surface area contributed by atoms with Crippen LogP contribution in [0.3, 0.4) is 0 Å². The zero-order chi connectivity index (χ0) is 17.9. The van der Waals surface area contributed by atoms with Crippen molar-refractivity contribution in [3.05, 3.63) is 0 Å². The Bertz CT molecular complexity index is 617. The Kier molecular flexibility index (Phi) is 5.84.